The molecule has 0 unspecified atom stereocenters. The Kier molecular flexibility index (Phi) is 6.01. The van der Waals surface area contributed by atoms with E-state index in [-0.39, 0.29) is 10.9 Å². The Balaban J connectivity index is 1.42. The van der Waals surface area contributed by atoms with Crippen molar-refractivity contribution in [3.63, 3.8) is 0 Å². The lowest BCUT2D eigenvalue weighted by atomic mass is 10.1. The van der Waals surface area contributed by atoms with Crippen LogP contribution in [0.15, 0.2) is 52.9 Å². The van der Waals surface area contributed by atoms with Gasteiger partial charge in [-0.25, -0.2) is 4.98 Å². The van der Waals surface area contributed by atoms with E-state index in [4.69, 9.17) is 21.4 Å². The molecule has 4 rings (SSSR count). The maximum atomic E-state index is 12.5. The number of aryl methyl sites for hydroxylation is 2. The molecule has 0 aliphatic carbocycles. The molecule has 0 saturated heterocycles. The van der Waals surface area contributed by atoms with Gasteiger partial charge in [0.2, 0.25) is 0 Å². The zero-order valence-corrected chi connectivity index (χ0v) is 18.9. The Morgan fingerprint density at radius 3 is 2.74 bits per heavy atom. The number of carbonyl (C=O) groups excluding carboxylic acids is 1. The highest BCUT2D eigenvalue weighted by Crippen LogP contribution is 2.29. The molecule has 8 heteroatoms. The van der Waals surface area contributed by atoms with E-state index in [1.165, 1.54) is 16.9 Å². The van der Waals surface area contributed by atoms with Crippen molar-refractivity contribution in [2.24, 2.45) is 0 Å². The van der Waals surface area contributed by atoms with Gasteiger partial charge in [-0.05, 0) is 80.5 Å². The van der Waals surface area contributed by atoms with Crippen LogP contribution in [0.4, 0.5) is 5.13 Å². The van der Waals surface area contributed by atoms with Crippen LogP contribution in [-0.2, 0) is 0 Å². The van der Waals surface area contributed by atoms with Gasteiger partial charge in [-0.3, -0.25) is 10.1 Å². The number of carbonyl (C=O) groups is 1. The first-order chi connectivity index (χ1) is 14.9. The molecular formula is C23H21N3O3S2. The molecule has 4 aromatic rings. The number of ether oxygens (including phenoxy) is 1. The third-order valence-electron chi connectivity index (χ3n) is 4.74. The summed E-state index contributed by atoms with van der Waals surface area (Å²) in [6.07, 6.45) is 0. The minimum atomic E-state index is -0.424. The normalized spacial score (nSPS) is 10.8. The van der Waals surface area contributed by atoms with Gasteiger partial charge in [0, 0.05) is 5.56 Å². The number of hydrogen-bond donors (Lipinski definition) is 2. The van der Waals surface area contributed by atoms with Crippen molar-refractivity contribution in [3.05, 3.63) is 65.4 Å². The van der Waals surface area contributed by atoms with Crippen LogP contribution in [0.3, 0.4) is 0 Å². The molecular weight excluding hydrogens is 430 g/mol. The predicted molar refractivity (Wildman–Crippen MR) is 128 cm³/mol. The molecule has 0 radical (unpaired) electrons. The van der Waals surface area contributed by atoms with Crippen LogP contribution >= 0.6 is 23.6 Å². The van der Waals surface area contributed by atoms with Crippen molar-refractivity contribution >= 4 is 49.9 Å². The number of rotatable bonds is 5. The van der Waals surface area contributed by atoms with E-state index in [0.717, 1.165) is 27.1 Å². The summed E-state index contributed by atoms with van der Waals surface area (Å²) < 4.78 is 12.2. The van der Waals surface area contributed by atoms with E-state index in [0.29, 0.717) is 17.5 Å². The van der Waals surface area contributed by atoms with Gasteiger partial charge in [-0.15, -0.1) is 0 Å². The highest BCUT2D eigenvalue weighted by molar-refractivity contribution is 7.80. The van der Waals surface area contributed by atoms with Crippen LogP contribution in [0, 0.1) is 13.8 Å². The number of benzene rings is 2. The Bertz CT molecular complexity index is 1280. The quantitative estimate of drug-likeness (QED) is 0.379. The molecule has 0 bridgehead atoms. The second kappa shape index (κ2) is 8.87. The van der Waals surface area contributed by atoms with E-state index >= 15 is 0 Å². The lowest BCUT2D eigenvalue weighted by Crippen LogP contribution is -2.33. The molecule has 0 aliphatic rings. The second-order valence-electron chi connectivity index (χ2n) is 6.95. The number of nitrogens with one attached hydrogen (secondary N) is 2. The zero-order valence-electron chi connectivity index (χ0n) is 17.3. The number of aromatic nitrogens is 1. The van der Waals surface area contributed by atoms with Gasteiger partial charge in [0.15, 0.2) is 16.0 Å². The van der Waals surface area contributed by atoms with E-state index in [9.17, 15) is 4.79 Å². The maximum absolute atomic E-state index is 12.5. The fraction of sp³-hybridized carbons (Fsp3) is 0.174. The number of thiazole rings is 1. The van der Waals surface area contributed by atoms with Crippen molar-refractivity contribution in [2.75, 3.05) is 11.9 Å². The summed E-state index contributed by atoms with van der Waals surface area (Å²) >= 11 is 6.70. The number of nitrogens with zero attached hydrogens (tertiary/aromatic N) is 1. The molecule has 2 heterocycles. The molecule has 6 nitrogen and oxygen atoms in total. The predicted octanol–water partition coefficient (Wildman–Crippen LogP) is 5.70. The summed E-state index contributed by atoms with van der Waals surface area (Å²) in [5, 5.41) is 6.33. The van der Waals surface area contributed by atoms with E-state index < -0.39 is 5.91 Å². The van der Waals surface area contributed by atoms with E-state index in [1.807, 2.05) is 50.2 Å². The average Bonchev–Trinajstić information content (AvgIpc) is 3.37. The molecule has 0 saturated carbocycles. The molecule has 158 valence electrons. The average molecular weight is 452 g/mol. The fourth-order valence-corrected chi connectivity index (χ4v) is 4.17. The van der Waals surface area contributed by atoms with Gasteiger partial charge in [0.25, 0.3) is 5.91 Å². The minimum absolute atomic E-state index is 0.151. The number of fused-ring (bicyclic) bond motifs is 1. The summed E-state index contributed by atoms with van der Waals surface area (Å²) in [4.78, 5) is 17.0. The standard InChI is InChI=1S/C23H21N3O3S2/c1-4-28-16-7-8-17-20(12-16)31-23(24-17)26-22(30)25-21(27)19-10-9-18(29-19)15-6-5-13(2)14(3)11-15/h5-12H,4H2,1-3H3,(H2,24,25,26,27,30). The SMILES string of the molecule is CCOc1ccc2nc(NC(=S)NC(=O)c3ccc(-c4ccc(C)c(C)c4)o3)sc2c1. The number of hydrogen-bond acceptors (Lipinski definition) is 6. The molecule has 31 heavy (non-hydrogen) atoms. The van der Waals surface area contributed by atoms with Crippen molar-refractivity contribution < 1.29 is 13.9 Å². The van der Waals surface area contributed by atoms with Gasteiger partial charge in [0.1, 0.15) is 11.5 Å². The molecule has 2 N–H and O–H groups in total. The number of thiocarbonyl (C=S) groups is 1. The first-order valence-corrected chi connectivity index (χ1v) is 11.0. The van der Waals surface area contributed by atoms with Gasteiger partial charge in [0.05, 0.1) is 16.8 Å². The van der Waals surface area contributed by atoms with Crippen molar-refractivity contribution in [1.82, 2.24) is 10.3 Å². The maximum Gasteiger partial charge on any atom is 0.293 e. The van der Waals surface area contributed by atoms with Gasteiger partial charge in [-0.2, -0.15) is 0 Å². The summed E-state index contributed by atoms with van der Waals surface area (Å²) in [6.45, 7) is 6.63. The van der Waals surface area contributed by atoms with Crippen LogP contribution < -0.4 is 15.4 Å². The number of anilines is 1. The Hall–Kier alpha value is -3.23. The molecule has 2 aromatic heterocycles. The second-order valence-corrected chi connectivity index (χ2v) is 8.39. The molecule has 0 atom stereocenters. The molecule has 1 amide bonds. The van der Waals surface area contributed by atoms with Gasteiger partial charge < -0.3 is 14.5 Å². The van der Waals surface area contributed by atoms with Crippen LogP contribution in [-0.4, -0.2) is 22.6 Å². The Morgan fingerprint density at radius 2 is 1.97 bits per heavy atom. The van der Waals surface area contributed by atoms with Gasteiger partial charge >= 0.3 is 0 Å². The largest absolute Gasteiger partial charge is 0.494 e. The number of amides is 1. The molecule has 2 aromatic carbocycles. The smallest absolute Gasteiger partial charge is 0.293 e. The summed E-state index contributed by atoms with van der Waals surface area (Å²) in [5.74, 6) is 1.18. The minimum Gasteiger partial charge on any atom is -0.494 e. The molecule has 0 aliphatic heterocycles. The third-order valence-corrected chi connectivity index (χ3v) is 5.88. The van der Waals surface area contributed by atoms with Crippen LogP contribution in [0.1, 0.15) is 28.6 Å². The third kappa shape index (κ3) is 4.76. The monoisotopic (exact) mass is 451 g/mol. The summed E-state index contributed by atoms with van der Waals surface area (Å²) in [7, 11) is 0. The zero-order chi connectivity index (χ0) is 22.0. The van der Waals surface area contributed by atoms with E-state index in [2.05, 4.69) is 22.5 Å². The van der Waals surface area contributed by atoms with Crippen molar-refractivity contribution in [2.45, 2.75) is 20.8 Å². The summed E-state index contributed by atoms with van der Waals surface area (Å²) in [5.41, 5.74) is 4.11. The van der Waals surface area contributed by atoms with Crippen LogP contribution in [0.25, 0.3) is 21.5 Å². The molecule has 0 spiro atoms. The first-order valence-electron chi connectivity index (χ1n) is 9.76. The fourth-order valence-electron chi connectivity index (χ4n) is 3.02. The van der Waals surface area contributed by atoms with Crippen molar-refractivity contribution in [1.29, 1.82) is 0 Å². The van der Waals surface area contributed by atoms with Crippen LogP contribution in [0.5, 0.6) is 5.75 Å². The highest BCUT2D eigenvalue weighted by atomic mass is 32.1. The highest BCUT2D eigenvalue weighted by Gasteiger charge is 2.15. The summed E-state index contributed by atoms with van der Waals surface area (Å²) in [6, 6.07) is 15.1. The van der Waals surface area contributed by atoms with E-state index in [1.54, 1.807) is 12.1 Å². The van der Waals surface area contributed by atoms with Crippen LogP contribution in [0.2, 0.25) is 0 Å². The Labute approximate surface area is 189 Å². The lowest BCUT2D eigenvalue weighted by molar-refractivity contribution is 0.0951. The van der Waals surface area contributed by atoms with Gasteiger partial charge in [-0.1, -0.05) is 23.5 Å². The van der Waals surface area contributed by atoms with Crippen molar-refractivity contribution in [3.8, 4) is 17.1 Å². The topological polar surface area (TPSA) is 76.4 Å². The molecule has 0 fully saturated rings. The number of furan rings is 1. The lowest BCUT2D eigenvalue weighted by Gasteiger charge is -2.05. The first kappa shape index (κ1) is 21.0. The Morgan fingerprint density at radius 1 is 1.13 bits per heavy atom.